The number of nitrogens with zero attached hydrogens (tertiary/aromatic N) is 9. The first-order chi connectivity index (χ1) is 30.5. The third-order valence-electron chi connectivity index (χ3n) is 10.8. The van der Waals surface area contributed by atoms with Gasteiger partial charge < -0.3 is 31.5 Å². The van der Waals surface area contributed by atoms with Gasteiger partial charge in [0.15, 0.2) is 22.9 Å². The van der Waals surface area contributed by atoms with Gasteiger partial charge in [-0.15, -0.1) is 0 Å². The van der Waals surface area contributed by atoms with Gasteiger partial charge in [-0.05, 0) is 90.2 Å². The van der Waals surface area contributed by atoms with Gasteiger partial charge in [-0.2, -0.15) is 20.2 Å². The van der Waals surface area contributed by atoms with Crippen molar-refractivity contribution in [2.45, 2.75) is 32.9 Å². The number of para-hydroxylation sites is 2. The molecule has 10 rings (SSSR count). The van der Waals surface area contributed by atoms with Crippen LogP contribution in [-0.2, 0) is 44.8 Å². The molecule has 0 bridgehead atoms. The van der Waals surface area contributed by atoms with Crippen LogP contribution in [0.3, 0.4) is 0 Å². The molecule has 0 saturated heterocycles. The molecule has 5 N–H and O–H groups in total. The van der Waals surface area contributed by atoms with Crippen molar-refractivity contribution in [1.29, 1.82) is 0 Å². The number of halogens is 4. The largest absolute Gasteiger partial charge is 0.338 e. The lowest BCUT2D eigenvalue weighted by molar-refractivity contribution is -0.129. The van der Waals surface area contributed by atoms with Crippen LogP contribution in [0.4, 0.5) is 46.3 Å². The van der Waals surface area contributed by atoms with Gasteiger partial charge in [0.1, 0.15) is 0 Å². The van der Waals surface area contributed by atoms with E-state index in [1.165, 1.54) is 22.3 Å². The monoisotopic (exact) mass is 920 g/mol. The minimum absolute atomic E-state index is 0.103. The molecular formula is C44H40Cl4N14O. The highest BCUT2D eigenvalue weighted by Crippen LogP contribution is 2.36. The van der Waals surface area contributed by atoms with Gasteiger partial charge >= 0.3 is 0 Å². The molecule has 0 radical (unpaired) electrons. The molecule has 0 saturated carbocycles. The Morgan fingerprint density at radius 1 is 0.635 bits per heavy atom. The lowest BCUT2D eigenvalue weighted by Crippen LogP contribution is -2.34. The summed E-state index contributed by atoms with van der Waals surface area (Å²) in [6.07, 6.45) is 5.30. The molecule has 2 aliphatic rings. The zero-order chi connectivity index (χ0) is 43.8. The zero-order valence-electron chi connectivity index (χ0n) is 34.3. The Bertz CT molecular complexity index is 3000. The van der Waals surface area contributed by atoms with Crippen LogP contribution in [0.1, 0.15) is 29.2 Å². The van der Waals surface area contributed by atoms with Gasteiger partial charge in [0, 0.05) is 64.4 Å². The van der Waals surface area contributed by atoms with Gasteiger partial charge in [0.2, 0.25) is 17.8 Å². The number of carbonyl (C=O) groups excluding carboxylic acids is 1. The zero-order valence-corrected chi connectivity index (χ0v) is 37.3. The highest BCUT2D eigenvalue weighted by molar-refractivity contribution is 6.40. The third kappa shape index (κ3) is 9.01. The number of hydrogen-bond donors (Lipinski definition) is 5. The average molecular weight is 923 g/mol. The first kappa shape index (κ1) is 42.1. The van der Waals surface area contributed by atoms with Crippen LogP contribution in [0.25, 0.3) is 22.1 Å². The van der Waals surface area contributed by atoms with E-state index in [2.05, 4.69) is 81.0 Å². The highest BCUT2D eigenvalue weighted by atomic mass is 35.5. The summed E-state index contributed by atoms with van der Waals surface area (Å²) in [6.45, 7) is 4.90. The number of fused-ring (bicyclic) bond motifs is 4. The summed E-state index contributed by atoms with van der Waals surface area (Å²) in [5.74, 6) is 2.25. The molecular weight excluding hydrogens is 882 g/mol. The van der Waals surface area contributed by atoms with E-state index in [1.807, 2.05) is 31.1 Å². The molecule has 0 fully saturated rings. The molecule has 320 valence electrons. The summed E-state index contributed by atoms with van der Waals surface area (Å²) in [7, 11) is 3.66. The maximum absolute atomic E-state index is 11.7. The van der Waals surface area contributed by atoms with Crippen molar-refractivity contribution < 1.29 is 4.79 Å². The van der Waals surface area contributed by atoms with Gasteiger partial charge in [-0.25, -0.2) is 19.3 Å². The first-order valence-corrected chi connectivity index (χ1v) is 21.5. The van der Waals surface area contributed by atoms with E-state index >= 15 is 0 Å². The van der Waals surface area contributed by atoms with Crippen molar-refractivity contribution in [2.75, 3.05) is 34.4 Å². The van der Waals surface area contributed by atoms with Gasteiger partial charge in [-0.3, -0.25) is 4.79 Å². The summed E-state index contributed by atoms with van der Waals surface area (Å²) in [4.78, 5) is 31.8. The van der Waals surface area contributed by atoms with Crippen molar-refractivity contribution in [3.63, 3.8) is 0 Å². The number of aromatic nitrogens is 8. The normalized spacial score (nSPS) is 13.2. The van der Waals surface area contributed by atoms with E-state index in [0.29, 0.717) is 72.8 Å². The summed E-state index contributed by atoms with van der Waals surface area (Å²) in [5.41, 5.74) is 9.49. The lowest BCUT2D eigenvalue weighted by Gasteiger charge is -2.28. The van der Waals surface area contributed by atoms with E-state index in [4.69, 9.17) is 46.4 Å². The molecule has 8 aromatic rings. The predicted molar refractivity (Wildman–Crippen MR) is 252 cm³/mol. The number of amides is 1. The van der Waals surface area contributed by atoms with Crippen LogP contribution in [-0.4, -0.2) is 63.4 Å². The molecule has 19 heteroatoms. The molecule has 0 unspecified atom stereocenters. The van der Waals surface area contributed by atoms with E-state index in [9.17, 15) is 4.79 Å². The van der Waals surface area contributed by atoms with Gasteiger partial charge in [0.25, 0.3) is 0 Å². The summed E-state index contributed by atoms with van der Waals surface area (Å²) >= 11 is 25.1. The number of anilines is 8. The van der Waals surface area contributed by atoms with Crippen molar-refractivity contribution >= 4 is 121 Å². The van der Waals surface area contributed by atoms with E-state index in [-0.39, 0.29) is 5.91 Å². The standard InChI is InChI=1S/C23H21Cl2N7O.C21H19Cl2N7/c1-13(33)32-9-8-14-10-16(7-6-15(14)12-32)27-23-26-11-17-21(30-31(2)22(17)29-23)28-20-18(24)4-3-5-19(20)25;1-30-20-15(19(29-30)27-18-16(22)3-2-4-17(18)23)11-25-21(28-20)26-14-6-5-13-10-24-8-7-12(13)9-14/h3-7,10-11H,8-9,12H2,1-2H3,(H,28,30)(H,26,27,29);2-6,9,11,24H,7-8,10H2,1H3,(H,27,29)(H,25,26,28). The van der Waals surface area contributed by atoms with Crippen molar-refractivity contribution in [3.05, 3.63) is 128 Å². The Kier molecular flexibility index (Phi) is 11.9. The topological polar surface area (TPSA) is 168 Å². The number of hydrogen-bond acceptors (Lipinski definition) is 12. The van der Waals surface area contributed by atoms with E-state index in [0.717, 1.165) is 54.6 Å². The minimum atomic E-state index is 0.103. The van der Waals surface area contributed by atoms with Crippen molar-refractivity contribution in [2.24, 2.45) is 14.1 Å². The molecule has 1 amide bonds. The summed E-state index contributed by atoms with van der Waals surface area (Å²) in [6, 6.07) is 23.1. The van der Waals surface area contributed by atoms with Crippen LogP contribution in [0.5, 0.6) is 0 Å². The molecule has 63 heavy (non-hydrogen) atoms. The third-order valence-corrected chi connectivity index (χ3v) is 12.1. The lowest BCUT2D eigenvalue weighted by atomic mass is 9.99. The van der Waals surface area contributed by atoms with E-state index in [1.54, 1.807) is 65.1 Å². The van der Waals surface area contributed by atoms with Crippen molar-refractivity contribution in [1.82, 2.24) is 49.7 Å². The predicted octanol–water partition coefficient (Wildman–Crippen LogP) is 9.86. The number of benzene rings is 4. The fourth-order valence-electron chi connectivity index (χ4n) is 7.56. The maximum Gasteiger partial charge on any atom is 0.229 e. The SMILES string of the molecule is CC(=O)N1CCc2cc(Nc3ncc4c(Nc5c(Cl)cccc5Cl)nn(C)c4n3)ccc2C1.Cn1nc(Nc2c(Cl)cccc2Cl)c2cnc(Nc3ccc4c(c3)CCNC4)nc21. The quantitative estimate of drug-likeness (QED) is 0.0981. The van der Waals surface area contributed by atoms with Crippen molar-refractivity contribution in [3.8, 4) is 0 Å². The average Bonchev–Trinajstić information content (AvgIpc) is 3.76. The first-order valence-electron chi connectivity index (χ1n) is 20.0. The minimum Gasteiger partial charge on any atom is -0.338 e. The molecule has 4 aromatic heterocycles. The Balaban J connectivity index is 0.000000161. The molecule has 2 aliphatic heterocycles. The van der Waals surface area contributed by atoms with Crippen LogP contribution in [0.2, 0.25) is 20.1 Å². The molecule has 15 nitrogen and oxygen atoms in total. The highest BCUT2D eigenvalue weighted by Gasteiger charge is 2.20. The fourth-order valence-corrected chi connectivity index (χ4v) is 8.55. The fraction of sp³-hybridized carbons (Fsp3) is 0.205. The molecule has 0 atom stereocenters. The Labute approximate surface area is 382 Å². The maximum atomic E-state index is 11.7. The number of rotatable bonds is 8. The Morgan fingerprint density at radius 3 is 1.63 bits per heavy atom. The molecule has 0 spiro atoms. The number of carbonyl (C=O) groups is 1. The van der Waals surface area contributed by atoms with Gasteiger partial charge in [0.05, 0.1) is 42.2 Å². The van der Waals surface area contributed by atoms with Crippen LogP contribution < -0.4 is 26.6 Å². The van der Waals surface area contributed by atoms with Crippen LogP contribution in [0.15, 0.2) is 85.2 Å². The number of nitrogens with one attached hydrogen (secondary N) is 5. The second-order valence-corrected chi connectivity index (χ2v) is 16.7. The number of aryl methyl sites for hydroxylation is 2. The Morgan fingerprint density at radius 2 is 1.13 bits per heavy atom. The summed E-state index contributed by atoms with van der Waals surface area (Å²) < 4.78 is 3.38. The summed E-state index contributed by atoms with van der Waals surface area (Å²) in [5, 5.41) is 29.0. The van der Waals surface area contributed by atoms with Crippen LogP contribution >= 0.6 is 46.4 Å². The molecule has 4 aromatic carbocycles. The second kappa shape index (κ2) is 17.9. The smallest absolute Gasteiger partial charge is 0.229 e. The van der Waals surface area contributed by atoms with E-state index < -0.39 is 0 Å². The Hall–Kier alpha value is -6.23. The molecule has 6 heterocycles. The molecule has 0 aliphatic carbocycles. The van der Waals surface area contributed by atoms with Crippen LogP contribution in [0, 0.1) is 0 Å². The van der Waals surface area contributed by atoms with Gasteiger partial charge in [-0.1, -0.05) is 70.7 Å². The second-order valence-electron chi connectivity index (χ2n) is 15.1.